The molecule has 0 fully saturated rings. The zero-order valence-corrected chi connectivity index (χ0v) is 8.31. The summed E-state index contributed by atoms with van der Waals surface area (Å²) in [4.78, 5) is 0. The Kier molecular flexibility index (Phi) is 13.8. The summed E-state index contributed by atoms with van der Waals surface area (Å²) in [5.74, 6) is 0. The maximum absolute atomic E-state index is 8.52. The van der Waals surface area contributed by atoms with Crippen molar-refractivity contribution in [2.45, 2.75) is 0 Å². The molecule has 0 aromatic carbocycles. The first-order valence-corrected chi connectivity index (χ1v) is 3.50. The van der Waals surface area contributed by atoms with Gasteiger partial charge in [-0.15, -0.1) is 11.4 Å². The van der Waals surface area contributed by atoms with E-state index in [1.807, 2.05) is 0 Å². The predicted octanol–water partition coefficient (Wildman–Crippen LogP) is -5.34. The minimum atomic E-state index is -5.17. The molecule has 0 aromatic rings. The van der Waals surface area contributed by atoms with E-state index in [4.69, 9.17) is 30.8 Å². The fraction of sp³-hybridized carbons (Fsp3) is 0. The average molecular weight is 199 g/mol. The molecule has 7 nitrogen and oxygen atoms in total. The van der Waals surface area contributed by atoms with Crippen molar-refractivity contribution in [2.24, 2.45) is 0 Å². The molecule has 0 spiro atoms. The third-order valence-corrected chi connectivity index (χ3v) is 0. The van der Waals surface area contributed by atoms with Gasteiger partial charge in [0.15, 0.2) is 0 Å². The molecular weight excluding hydrogens is 199 g/mol. The van der Waals surface area contributed by atoms with E-state index in [9.17, 15) is 0 Å². The fourth-order valence-corrected chi connectivity index (χ4v) is 0. The first-order chi connectivity index (χ1) is 3.73. The van der Waals surface area contributed by atoms with Crippen LogP contribution >= 0.6 is 0 Å². The van der Waals surface area contributed by atoms with Crippen molar-refractivity contribution in [1.29, 1.82) is 0 Å². The van der Waals surface area contributed by atoms with Crippen molar-refractivity contribution in [2.75, 3.05) is 0 Å². The monoisotopic (exact) mass is 199 g/mol. The smallest absolute Gasteiger partial charge is 0.784 e. The molecule has 10 heavy (non-hydrogen) atoms. The van der Waals surface area contributed by atoms with Crippen LogP contribution in [0.1, 0.15) is 0 Å². The van der Waals surface area contributed by atoms with Crippen molar-refractivity contribution >= 4 is 21.8 Å². The van der Waals surface area contributed by atoms with Crippen molar-refractivity contribution in [3.63, 3.8) is 0 Å². The van der Waals surface area contributed by atoms with Gasteiger partial charge in [-0.3, -0.25) is 12.6 Å². The Hall–Kier alpha value is 0.940. The Balaban J connectivity index is -0.0000000910. The van der Waals surface area contributed by atoms with E-state index in [0.29, 0.717) is 0 Å². The van der Waals surface area contributed by atoms with Gasteiger partial charge < -0.3 is 18.2 Å². The van der Waals surface area contributed by atoms with E-state index in [1.165, 1.54) is 0 Å². The molecule has 0 aliphatic rings. The Morgan fingerprint density at radius 3 is 1.10 bits per heavy atom. The minimum absolute atomic E-state index is 0. The van der Waals surface area contributed by atoms with Gasteiger partial charge in [0.05, 0.1) is 0 Å². The quantitative estimate of drug-likeness (QED) is 0.164. The van der Waals surface area contributed by atoms with E-state index < -0.39 is 21.8 Å². The summed E-state index contributed by atoms with van der Waals surface area (Å²) in [6.07, 6.45) is 0. The summed E-state index contributed by atoms with van der Waals surface area (Å²) in [5, 5.41) is 0. The van der Waals surface area contributed by atoms with E-state index in [0.717, 1.165) is 0 Å². The SMILES string of the molecule is O=S(=O)([O-])[O-].O=S([O-])[O-].[Na+]. The van der Waals surface area contributed by atoms with Gasteiger partial charge >= 0.3 is 29.6 Å². The second-order valence-electron chi connectivity index (χ2n) is 0.612. The normalized spacial score (nSPS) is 9.30. The number of hydrogen-bond donors (Lipinski definition) is 0. The van der Waals surface area contributed by atoms with Crippen LogP contribution in [0, 0.1) is 0 Å². The number of hydrogen-bond acceptors (Lipinski definition) is 7. The standard InChI is InChI=1S/Na.H2O4S.H2O3S/c;1-5(2,3)4;1-4(2)3/h;(H2,1,2,3,4);(H2,1,2,3)/q+1;;/p-4. The molecule has 0 N–H and O–H groups in total. The van der Waals surface area contributed by atoms with Crippen molar-refractivity contribution in [3.05, 3.63) is 0 Å². The van der Waals surface area contributed by atoms with Crippen LogP contribution in [0.4, 0.5) is 0 Å². The van der Waals surface area contributed by atoms with Crippen LogP contribution in [-0.2, 0) is 21.8 Å². The van der Waals surface area contributed by atoms with E-state index in [2.05, 4.69) is 0 Å². The van der Waals surface area contributed by atoms with Crippen LogP contribution in [0.3, 0.4) is 0 Å². The summed E-state index contributed by atoms with van der Waals surface area (Å²) < 4.78 is 59.4. The van der Waals surface area contributed by atoms with Gasteiger partial charge in [-0.2, -0.15) is 0 Å². The van der Waals surface area contributed by atoms with Crippen LogP contribution in [0.25, 0.3) is 0 Å². The molecule has 0 saturated heterocycles. The van der Waals surface area contributed by atoms with Gasteiger partial charge in [-0.05, 0) is 0 Å². The second-order valence-corrected chi connectivity index (χ2v) is 1.84. The third-order valence-electron chi connectivity index (χ3n) is 0. The molecule has 0 unspecified atom stereocenters. The van der Waals surface area contributed by atoms with Gasteiger partial charge in [0.1, 0.15) is 0 Å². The Labute approximate surface area is 81.8 Å². The van der Waals surface area contributed by atoms with Crippen LogP contribution in [-0.4, -0.2) is 30.8 Å². The molecule has 0 aliphatic heterocycles. The summed E-state index contributed by atoms with van der Waals surface area (Å²) >= 11 is -3.11. The average Bonchev–Trinajstić information content (AvgIpc) is 1.19. The van der Waals surface area contributed by atoms with Gasteiger partial charge in [-0.25, -0.2) is 0 Å². The molecule has 0 rings (SSSR count). The zero-order valence-electron chi connectivity index (χ0n) is 4.67. The van der Waals surface area contributed by atoms with E-state index in [1.54, 1.807) is 0 Å². The summed E-state index contributed by atoms with van der Waals surface area (Å²) in [7, 11) is -5.17. The summed E-state index contributed by atoms with van der Waals surface area (Å²) in [6, 6.07) is 0. The second kappa shape index (κ2) is 8.04. The molecule has 0 aromatic heterocycles. The molecule has 0 amide bonds. The first kappa shape index (κ1) is 17.1. The molecular formula is NaO7S2-3. The molecule has 0 heterocycles. The molecule has 10 heteroatoms. The maximum Gasteiger partial charge on any atom is 1.00 e. The Bertz CT molecular complexity index is 154. The predicted molar refractivity (Wildman–Crippen MR) is 20.2 cm³/mol. The first-order valence-electron chi connectivity index (χ1n) is 1.17. The number of rotatable bonds is 0. The largest absolute Gasteiger partial charge is 1.00 e. The summed E-state index contributed by atoms with van der Waals surface area (Å²) in [6.45, 7) is 0. The topological polar surface area (TPSA) is 143 Å². The third kappa shape index (κ3) is 638. The molecule has 0 saturated carbocycles. The fourth-order valence-electron chi connectivity index (χ4n) is 0. The van der Waals surface area contributed by atoms with Gasteiger partial charge in [0, 0.05) is 10.4 Å². The molecule has 0 bridgehead atoms. The van der Waals surface area contributed by atoms with Crippen LogP contribution in [0.2, 0.25) is 0 Å². The van der Waals surface area contributed by atoms with Crippen molar-refractivity contribution in [1.82, 2.24) is 0 Å². The van der Waals surface area contributed by atoms with Crippen LogP contribution in [0.5, 0.6) is 0 Å². The summed E-state index contributed by atoms with van der Waals surface area (Å²) in [5.41, 5.74) is 0. The maximum atomic E-state index is 8.52. The van der Waals surface area contributed by atoms with E-state index >= 15 is 0 Å². The van der Waals surface area contributed by atoms with Gasteiger partial charge in [-0.1, -0.05) is 0 Å². The van der Waals surface area contributed by atoms with Gasteiger partial charge in [0.2, 0.25) is 0 Å². The molecule has 58 valence electrons. The Morgan fingerprint density at radius 1 is 1.10 bits per heavy atom. The zero-order chi connectivity index (χ0) is 8.08. The van der Waals surface area contributed by atoms with Crippen molar-refractivity contribution in [3.8, 4) is 0 Å². The van der Waals surface area contributed by atoms with Gasteiger partial charge in [0.25, 0.3) is 0 Å². The van der Waals surface area contributed by atoms with Crippen LogP contribution < -0.4 is 29.6 Å². The Morgan fingerprint density at radius 2 is 1.10 bits per heavy atom. The molecule has 0 radical (unpaired) electrons. The minimum Gasteiger partial charge on any atom is -0.784 e. The molecule has 0 atom stereocenters. The van der Waals surface area contributed by atoms with Crippen LogP contribution in [0.15, 0.2) is 0 Å². The van der Waals surface area contributed by atoms with Crippen molar-refractivity contribution < 1.29 is 60.4 Å². The van der Waals surface area contributed by atoms with E-state index in [-0.39, 0.29) is 29.6 Å². The molecule has 0 aliphatic carbocycles.